The molecule has 31 heavy (non-hydrogen) atoms. The van der Waals surface area contributed by atoms with Crippen LogP contribution in [0.25, 0.3) is 17.2 Å². The highest BCUT2D eigenvalue weighted by atomic mass is 19.1. The van der Waals surface area contributed by atoms with E-state index in [0.29, 0.717) is 23.5 Å². The maximum atomic E-state index is 13.3. The van der Waals surface area contributed by atoms with Crippen LogP contribution in [0, 0.1) is 19.7 Å². The molecule has 0 fully saturated rings. The number of amides is 1. The second-order valence-electron chi connectivity index (χ2n) is 7.63. The highest BCUT2D eigenvalue weighted by Crippen LogP contribution is 2.40. The normalized spacial score (nSPS) is 15.5. The van der Waals surface area contributed by atoms with E-state index in [-0.39, 0.29) is 23.6 Å². The van der Waals surface area contributed by atoms with Gasteiger partial charge in [0.05, 0.1) is 17.6 Å². The minimum atomic E-state index is -0.326. The van der Waals surface area contributed by atoms with Crippen molar-refractivity contribution in [1.29, 1.82) is 0 Å². The van der Waals surface area contributed by atoms with Gasteiger partial charge in [-0.05, 0) is 43.7 Å². The van der Waals surface area contributed by atoms with Crippen LogP contribution >= 0.6 is 0 Å². The molecule has 3 heterocycles. The van der Waals surface area contributed by atoms with Crippen LogP contribution in [0.2, 0.25) is 0 Å². The summed E-state index contributed by atoms with van der Waals surface area (Å²) in [5.41, 5.74) is 5.17. The van der Waals surface area contributed by atoms with E-state index in [0.717, 1.165) is 22.4 Å². The molecule has 8 heteroatoms. The second kappa shape index (κ2) is 7.39. The third kappa shape index (κ3) is 3.46. The van der Waals surface area contributed by atoms with Crippen molar-refractivity contribution < 1.29 is 9.18 Å². The van der Waals surface area contributed by atoms with Gasteiger partial charge in [-0.3, -0.25) is 4.79 Å². The Balaban J connectivity index is 1.61. The number of anilines is 1. The number of benzene rings is 2. The molecule has 0 saturated carbocycles. The first-order valence-electron chi connectivity index (χ1n) is 9.91. The van der Waals surface area contributed by atoms with Crippen LogP contribution < -0.4 is 5.32 Å². The third-order valence-electron chi connectivity index (χ3n) is 5.42. The lowest BCUT2D eigenvalue weighted by Gasteiger charge is -2.24. The number of carbonyl (C=O) groups is 1. The number of nitrogens with zero attached hydrogens (tertiary/aromatic N) is 5. The zero-order valence-corrected chi connectivity index (χ0v) is 17.0. The summed E-state index contributed by atoms with van der Waals surface area (Å²) in [7, 11) is 0. The van der Waals surface area contributed by atoms with Gasteiger partial charge in [0.15, 0.2) is 0 Å². The molecule has 1 atom stereocenters. The summed E-state index contributed by atoms with van der Waals surface area (Å²) in [5, 5.41) is 15.7. The average Bonchev–Trinajstić information content (AvgIpc) is 3.10. The van der Waals surface area contributed by atoms with Gasteiger partial charge in [0, 0.05) is 23.5 Å². The Labute approximate surface area is 178 Å². The van der Waals surface area contributed by atoms with Crippen LogP contribution in [0.4, 0.5) is 10.2 Å². The molecule has 2 aromatic heterocycles. The Morgan fingerprint density at radius 1 is 1.13 bits per heavy atom. The monoisotopic (exact) mass is 414 g/mol. The molecule has 1 N–H and O–H groups in total. The molecule has 0 saturated heterocycles. The largest absolute Gasteiger partial charge is 0.310 e. The van der Waals surface area contributed by atoms with Gasteiger partial charge in [-0.1, -0.05) is 29.8 Å². The molecule has 0 bridgehead atoms. The first-order chi connectivity index (χ1) is 15.0. The Bertz CT molecular complexity index is 1300. The summed E-state index contributed by atoms with van der Waals surface area (Å²) >= 11 is 0. The number of carbonyl (C=O) groups excluding carboxylic acids is 1. The van der Waals surface area contributed by atoms with Gasteiger partial charge in [0.2, 0.25) is 5.91 Å². The Kier molecular flexibility index (Phi) is 4.54. The molecular formula is C23H19FN6O. The molecule has 5 rings (SSSR count). The fraction of sp³-hybridized carbons (Fsp3) is 0.174. The zero-order valence-electron chi connectivity index (χ0n) is 17.0. The van der Waals surface area contributed by atoms with Crippen LogP contribution in [0.15, 0.2) is 54.7 Å². The van der Waals surface area contributed by atoms with Crippen molar-refractivity contribution in [2.24, 2.45) is 0 Å². The molecule has 0 spiro atoms. The summed E-state index contributed by atoms with van der Waals surface area (Å²) in [6.07, 6.45) is 1.85. The maximum Gasteiger partial charge on any atom is 0.272 e. The van der Waals surface area contributed by atoms with Gasteiger partial charge in [-0.15, -0.1) is 5.10 Å². The molecule has 4 aromatic rings. The second-order valence-corrected chi connectivity index (χ2v) is 7.63. The van der Waals surface area contributed by atoms with E-state index in [9.17, 15) is 9.18 Å². The molecule has 0 aliphatic carbocycles. The molecule has 1 aliphatic rings. The van der Waals surface area contributed by atoms with Crippen molar-refractivity contribution >= 4 is 11.7 Å². The lowest BCUT2D eigenvalue weighted by atomic mass is 9.85. The quantitative estimate of drug-likeness (QED) is 0.549. The van der Waals surface area contributed by atoms with E-state index in [4.69, 9.17) is 0 Å². The van der Waals surface area contributed by atoms with Crippen LogP contribution in [0.1, 0.15) is 34.7 Å². The van der Waals surface area contributed by atoms with Gasteiger partial charge in [-0.25, -0.2) is 9.37 Å². The number of fused-ring (bicyclic) bond motifs is 1. The number of halogens is 1. The predicted molar refractivity (Wildman–Crippen MR) is 113 cm³/mol. The molecule has 7 nitrogen and oxygen atoms in total. The summed E-state index contributed by atoms with van der Waals surface area (Å²) < 4.78 is 14.8. The van der Waals surface area contributed by atoms with Crippen molar-refractivity contribution in [3.05, 3.63) is 82.9 Å². The third-order valence-corrected chi connectivity index (χ3v) is 5.42. The molecular weight excluding hydrogens is 395 g/mol. The van der Waals surface area contributed by atoms with Crippen LogP contribution in [-0.4, -0.2) is 30.9 Å². The summed E-state index contributed by atoms with van der Waals surface area (Å²) in [4.78, 5) is 17.1. The highest BCUT2D eigenvalue weighted by Gasteiger charge is 2.33. The summed E-state index contributed by atoms with van der Waals surface area (Å²) in [5.74, 6) is 0.260. The van der Waals surface area contributed by atoms with Crippen LogP contribution in [0.3, 0.4) is 0 Å². The standard InChI is InChI=1S/C23H19FN6O/c1-13-4-3-5-16(10-13)18-11-20(31)27-22-21(18)14(2)29-30(22)23-26-19(12-25-28-23)15-6-8-17(24)9-7-15/h3-10,12,18H,11H2,1-2H3,(H,27,31)/t18-/m0/s1. The minimum Gasteiger partial charge on any atom is -0.310 e. The van der Waals surface area contributed by atoms with Gasteiger partial charge in [0.25, 0.3) is 5.95 Å². The van der Waals surface area contributed by atoms with E-state index in [1.807, 2.05) is 32.0 Å². The first-order valence-corrected chi connectivity index (χ1v) is 9.91. The molecule has 0 radical (unpaired) electrons. The van der Waals surface area contributed by atoms with Gasteiger partial charge < -0.3 is 5.32 Å². The van der Waals surface area contributed by atoms with Crippen molar-refractivity contribution in [2.45, 2.75) is 26.2 Å². The lowest BCUT2D eigenvalue weighted by Crippen LogP contribution is -2.25. The minimum absolute atomic E-state index is 0.0946. The van der Waals surface area contributed by atoms with Crippen LogP contribution in [0.5, 0.6) is 0 Å². The first kappa shape index (κ1) is 19.0. The maximum absolute atomic E-state index is 13.3. The fourth-order valence-electron chi connectivity index (χ4n) is 4.01. The average molecular weight is 414 g/mol. The van der Waals surface area contributed by atoms with Crippen LogP contribution in [-0.2, 0) is 4.79 Å². The smallest absolute Gasteiger partial charge is 0.272 e. The van der Waals surface area contributed by atoms with Crippen molar-refractivity contribution in [3.8, 4) is 17.2 Å². The van der Waals surface area contributed by atoms with E-state index < -0.39 is 0 Å². The number of hydrogen-bond donors (Lipinski definition) is 1. The van der Waals surface area contributed by atoms with E-state index in [1.54, 1.807) is 12.1 Å². The predicted octanol–water partition coefficient (Wildman–Crippen LogP) is 3.95. The number of aryl methyl sites for hydroxylation is 2. The summed E-state index contributed by atoms with van der Waals surface area (Å²) in [6.45, 7) is 3.94. The SMILES string of the molecule is Cc1cccc([C@@H]2CC(=O)Nc3c2c(C)nn3-c2nncc(-c3ccc(F)cc3)n2)c1. The Morgan fingerprint density at radius 3 is 2.71 bits per heavy atom. The van der Waals surface area contributed by atoms with Gasteiger partial charge >= 0.3 is 0 Å². The Hall–Kier alpha value is -3.94. The fourth-order valence-corrected chi connectivity index (χ4v) is 4.01. The molecule has 1 amide bonds. The molecule has 154 valence electrons. The van der Waals surface area contributed by atoms with E-state index >= 15 is 0 Å². The molecule has 0 unspecified atom stereocenters. The topological polar surface area (TPSA) is 85.6 Å². The van der Waals surface area contributed by atoms with E-state index in [2.05, 4.69) is 31.7 Å². The highest BCUT2D eigenvalue weighted by molar-refractivity contribution is 5.95. The number of rotatable bonds is 3. The molecule has 1 aliphatic heterocycles. The van der Waals surface area contributed by atoms with E-state index in [1.165, 1.54) is 23.0 Å². The Morgan fingerprint density at radius 2 is 1.94 bits per heavy atom. The number of hydrogen-bond acceptors (Lipinski definition) is 5. The van der Waals surface area contributed by atoms with Crippen molar-refractivity contribution in [3.63, 3.8) is 0 Å². The zero-order chi connectivity index (χ0) is 21.5. The number of aromatic nitrogens is 5. The van der Waals surface area contributed by atoms with Crippen molar-refractivity contribution in [2.75, 3.05) is 5.32 Å². The number of nitrogens with one attached hydrogen (secondary N) is 1. The lowest BCUT2D eigenvalue weighted by molar-refractivity contribution is -0.116. The van der Waals surface area contributed by atoms with Gasteiger partial charge in [-0.2, -0.15) is 14.9 Å². The van der Waals surface area contributed by atoms with Gasteiger partial charge in [0.1, 0.15) is 11.6 Å². The molecule has 2 aromatic carbocycles. The summed E-state index contributed by atoms with van der Waals surface area (Å²) in [6, 6.07) is 14.1. The van der Waals surface area contributed by atoms with Crippen molar-refractivity contribution in [1.82, 2.24) is 25.0 Å².